The third-order valence-electron chi connectivity index (χ3n) is 2.61. The van der Waals surface area contributed by atoms with E-state index in [1.807, 2.05) is 0 Å². The molecule has 20 heavy (non-hydrogen) atoms. The number of sulfone groups is 1. The van der Waals surface area contributed by atoms with Gasteiger partial charge >= 0.3 is 5.97 Å². The van der Waals surface area contributed by atoms with Gasteiger partial charge in [0, 0.05) is 12.8 Å². The summed E-state index contributed by atoms with van der Waals surface area (Å²) in [6, 6.07) is 6.28. The predicted octanol–water partition coefficient (Wildman–Crippen LogP) is 0.478. The lowest BCUT2D eigenvalue weighted by Crippen LogP contribution is -2.27. The summed E-state index contributed by atoms with van der Waals surface area (Å²) in [4.78, 5) is 22.6. The fourth-order valence-corrected chi connectivity index (χ4v) is 2.35. The molecule has 7 heteroatoms. The quantitative estimate of drug-likeness (QED) is 0.713. The Kier molecular flexibility index (Phi) is 5.69. The topological polar surface area (TPSA) is 101 Å². The van der Waals surface area contributed by atoms with Gasteiger partial charge in [-0.15, -0.1) is 0 Å². The average molecular weight is 299 g/mol. The minimum absolute atomic E-state index is 0.0129. The first kappa shape index (κ1) is 16.2. The van der Waals surface area contributed by atoms with Crippen molar-refractivity contribution in [3.63, 3.8) is 0 Å². The summed E-state index contributed by atoms with van der Waals surface area (Å²) in [7, 11) is -3.03. The maximum Gasteiger partial charge on any atom is 0.335 e. The Morgan fingerprint density at radius 2 is 1.90 bits per heavy atom. The fourth-order valence-electron chi connectivity index (χ4n) is 1.68. The maximum atomic E-state index is 11.7. The van der Waals surface area contributed by atoms with E-state index in [-0.39, 0.29) is 30.2 Å². The second-order valence-corrected chi connectivity index (χ2v) is 6.73. The minimum Gasteiger partial charge on any atom is -0.478 e. The number of carbonyl (C=O) groups is 2. The molecule has 6 nitrogen and oxygen atoms in total. The molecule has 0 bridgehead atoms. The molecule has 0 aliphatic carbocycles. The Hall–Kier alpha value is -1.89. The first-order valence-corrected chi connectivity index (χ1v) is 8.11. The van der Waals surface area contributed by atoms with Crippen LogP contribution in [0.25, 0.3) is 0 Å². The molecule has 0 saturated carbocycles. The van der Waals surface area contributed by atoms with Gasteiger partial charge in [0.2, 0.25) is 5.91 Å². The zero-order chi connectivity index (χ0) is 15.2. The van der Waals surface area contributed by atoms with Crippen LogP contribution in [-0.2, 0) is 21.1 Å². The van der Waals surface area contributed by atoms with Gasteiger partial charge in [0.05, 0.1) is 17.7 Å². The van der Waals surface area contributed by atoms with Crippen LogP contribution in [0, 0.1) is 0 Å². The molecule has 0 atom stereocenters. The van der Waals surface area contributed by atoms with Crippen LogP contribution in [0.5, 0.6) is 0 Å². The highest BCUT2D eigenvalue weighted by Gasteiger charge is 2.12. The van der Waals surface area contributed by atoms with Crippen molar-refractivity contribution in [1.82, 2.24) is 5.32 Å². The van der Waals surface area contributed by atoms with Gasteiger partial charge in [-0.05, 0) is 18.1 Å². The second kappa shape index (κ2) is 7.04. The van der Waals surface area contributed by atoms with Gasteiger partial charge in [-0.1, -0.05) is 18.2 Å². The molecule has 0 spiro atoms. The predicted molar refractivity (Wildman–Crippen MR) is 74.4 cm³/mol. The molecule has 0 heterocycles. The summed E-state index contributed by atoms with van der Waals surface area (Å²) in [6.07, 6.45) is 1.43. The number of carboxylic acids is 1. The van der Waals surface area contributed by atoms with Crippen LogP contribution in [0.2, 0.25) is 0 Å². The third-order valence-corrected chi connectivity index (χ3v) is 3.64. The van der Waals surface area contributed by atoms with Gasteiger partial charge in [0.15, 0.2) is 0 Å². The van der Waals surface area contributed by atoms with Gasteiger partial charge in [-0.3, -0.25) is 4.79 Å². The van der Waals surface area contributed by atoms with Crippen LogP contribution in [0.15, 0.2) is 24.3 Å². The van der Waals surface area contributed by atoms with E-state index in [9.17, 15) is 18.0 Å². The molecular formula is C13H17NO5S. The second-order valence-electron chi connectivity index (χ2n) is 4.47. The van der Waals surface area contributed by atoms with Crippen molar-refractivity contribution in [2.75, 3.05) is 18.6 Å². The molecule has 110 valence electrons. The number of carboxylic acid groups (broad SMARTS) is 1. The summed E-state index contributed by atoms with van der Waals surface area (Å²) in [5.74, 6) is -1.39. The van der Waals surface area contributed by atoms with Crippen molar-refractivity contribution in [2.45, 2.75) is 12.8 Å². The number of aromatic carboxylic acids is 1. The number of hydrogen-bond acceptors (Lipinski definition) is 4. The van der Waals surface area contributed by atoms with E-state index in [1.54, 1.807) is 18.2 Å². The molecule has 0 aliphatic rings. The van der Waals surface area contributed by atoms with Gasteiger partial charge in [-0.2, -0.15) is 0 Å². The van der Waals surface area contributed by atoms with Crippen molar-refractivity contribution in [2.24, 2.45) is 0 Å². The lowest BCUT2D eigenvalue weighted by molar-refractivity contribution is -0.120. The number of hydrogen-bond donors (Lipinski definition) is 2. The molecule has 0 aromatic heterocycles. The third kappa shape index (κ3) is 5.83. The lowest BCUT2D eigenvalue weighted by atomic mass is 10.0. The van der Waals surface area contributed by atoms with Crippen LogP contribution >= 0.6 is 0 Å². The summed E-state index contributed by atoms with van der Waals surface area (Å²) in [5, 5.41) is 11.6. The molecule has 1 aromatic carbocycles. The van der Waals surface area contributed by atoms with E-state index in [2.05, 4.69) is 5.32 Å². The number of rotatable bonds is 7. The molecule has 0 saturated heterocycles. The van der Waals surface area contributed by atoms with E-state index < -0.39 is 15.8 Å². The SMILES string of the molecule is CS(=O)(=O)CCCNC(=O)Cc1ccccc1C(=O)O. The van der Waals surface area contributed by atoms with Crippen LogP contribution in [0.3, 0.4) is 0 Å². The smallest absolute Gasteiger partial charge is 0.335 e. The van der Waals surface area contributed by atoms with Gasteiger partial charge < -0.3 is 10.4 Å². The molecule has 0 fully saturated rings. The Morgan fingerprint density at radius 3 is 2.50 bits per heavy atom. The van der Waals surface area contributed by atoms with Crippen molar-refractivity contribution in [1.29, 1.82) is 0 Å². The normalized spacial score (nSPS) is 11.1. The highest BCUT2D eigenvalue weighted by Crippen LogP contribution is 2.09. The number of amides is 1. The number of carbonyl (C=O) groups excluding carboxylic acids is 1. The Bertz CT molecular complexity index is 595. The molecule has 0 unspecified atom stereocenters. The largest absolute Gasteiger partial charge is 0.478 e. The summed E-state index contributed by atoms with van der Waals surface area (Å²) >= 11 is 0. The summed E-state index contributed by atoms with van der Waals surface area (Å²) in [5.41, 5.74) is 0.527. The first-order valence-electron chi connectivity index (χ1n) is 6.05. The van der Waals surface area contributed by atoms with E-state index in [4.69, 9.17) is 5.11 Å². The minimum atomic E-state index is -3.03. The van der Waals surface area contributed by atoms with Crippen LogP contribution in [-0.4, -0.2) is 44.0 Å². The first-order chi connectivity index (χ1) is 9.29. The van der Waals surface area contributed by atoms with Crippen molar-refractivity contribution < 1.29 is 23.1 Å². The molecule has 1 aromatic rings. The van der Waals surface area contributed by atoms with Gasteiger partial charge in [0.25, 0.3) is 0 Å². The van der Waals surface area contributed by atoms with E-state index >= 15 is 0 Å². The van der Waals surface area contributed by atoms with Crippen molar-refractivity contribution >= 4 is 21.7 Å². The maximum absolute atomic E-state index is 11.7. The van der Waals surface area contributed by atoms with E-state index in [1.165, 1.54) is 6.07 Å². The highest BCUT2D eigenvalue weighted by atomic mass is 32.2. The standard InChI is InChI=1S/C13H17NO5S/c1-20(18,19)8-4-7-14-12(15)9-10-5-2-3-6-11(10)13(16)17/h2-3,5-6H,4,7-9H2,1H3,(H,14,15)(H,16,17). The van der Waals surface area contributed by atoms with Gasteiger partial charge in [-0.25, -0.2) is 13.2 Å². The summed E-state index contributed by atoms with van der Waals surface area (Å²) < 4.78 is 21.8. The zero-order valence-electron chi connectivity index (χ0n) is 11.1. The molecule has 0 radical (unpaired) electrons. The summed E-state index contributed by atoms with van der Waals surface area (Å²) in [6.45, 7) is 0.251. The van der Waals surface area contributed by atoms with Crippen LogP contribution in [0.4, 0.5) is 0 Å². The van der Waals surface area contributed by atoms with E-state index in [0.29, 0.717) is 12.0 Å². The lowest BCUT2D eigenvalue weighted by Gasteiger charge is -2.07. The molecule has 0 aliphatic heterocycles. The molecule has 1 rings (SSSR count). The Labute approximate surface area is 117 Å². The Morgan fingerprint density at radius 1 is 1.25 bits per heavy atom. The van der Waals surface area contributed by atoms with Crippen molar-refractivity contribution in [3.05, 3.63) is 35.4 Å². The number of nitrogens with one attached hydrogen (secondary N) is 1. The zero-order valence-corrected chi connectivity index (χ0v) is 11.9. The average Bonchev–Trinajstić information content (AvgIpc) is 2.34. The van der Waals surface area contributed by atoms with Crippen LogP contribution in [0.1, 0.15) is 22.3 Å². The Balaban J connectivity index is 2.49. The molecule has 2 N–H and O–H groups in total. The molecule has 1 amide bonds. The highest BCUT2D eigenvalue weighted by molar-refractivity contribution is 7.90. The molecular weight excluding hydrogens is 282 g/mol. The monoisotopic (exact) mass is 299 g/mol. The number of benzene rings is 1. The fraction of sp³-hybridized carbons (Fsp3) is 0.385. The van der Waals surface area contributed by atoms with Crippen molar-refractivity contribution in [3.8, 4) is 0 Å². The van der Waals surface area contributed by atoms with Gasteiger partial charge in [0.1, 0.15) is 9.84 Å². The van der Waals surface area contributed by atoms with Crippen LogP contribution < -0.4 is 5.32 Å². The van der Waals surface area contributed by atoms with E-state index in [0.717, 1.165) is 6.26 Å².